The van der Waals surface area contributed by atoms with Crippen molar-refractivity contribution < 1.29 is 37.4 Å². The monoisotopic (exact) mass is 355 g/mol. The molecule has 0 aromatic heterocycles. The van der Waals surface area contributed by atoms with Gasteiger partial charge in [0.25, 0.3) is 5.91 Å². The maximum Gasteiger partial charge on any atom is 0.352 e. The number of hydrogen-bond donors (Lipinski definition) is 3. The highest BCUT2D eigenvalue weighted by molar-refractivity contribution is 6.02. The molecule has 0 atom stereocenters. The number of carbonyl (C=O) groups excluding carboxylic acids is 1. The number of halogens is 4. The van der Waals surface area contributed by atoms with Crippen LogP contribution in [0.5, 0.6) is 5.75 Å². The number of nitrogens with one attached hydrogen (secondary N) is 1. The van der Waals surface area contributed by atoms with Gasteiger partial charge in [-0.05, 0) is 18.2 Å². The Labute approximate surface area is 137 Å². The van der Waals surface area contributed by atoms with Gasteiger partial charge in [-0.1, -0.05) is 18.2 Å². The first-order valence-corrected chi connectivity index (χ1v) is 6.60. The van der Waals surface area contributed by atoms with Gasteiger partial charge in [-0.25, -0.2) is 18.0 Å². The van der Waals surface area contributed by atoms with Crippen molar-refractivity contribution in [3.63, 3.8) is 0 Å². The number of phenolic OH excluding ortho intramolecular Hbond substituents is 1. The SMILES string of the molecule is O=C(O)C(=Cc1c(O)c(F)c(F)c(F)c1F)NC(=O)c1ccccc1. The molecule has 9 heteroatoms. The van der Waals surface area contributed by atoms with E-state index in [0.717, 1.165) is 0 Å². The number of carbonyl (C=O) groups is 2. The van der Waals surface area contributed by atoms with E-state index in [-0.39, 0.29) is 11.6 Å². The van der Waals surface area contributed by atoms with Gasteiger partial charge in [-0.15, -0.1) is 0 Å². The molecule has 0 bridgehead atoms. The summed E-state index contributed by atoms with van der Waals surface area (Å²) in [5.41, 5.74) is -2.20. The van der Waals surface area contributed by atoms with Gasteiger partial charge in [-0.3, -0.25) is 4.79 Å². The molecule has 5 nitrogen and oxygen atoms in total. The van der Waals surface area contributed by atoms with Crippen LogP contribution in [-0.2, 0) is 4.79 Å². The van der Waals surface area contributed by atoms with E-state index in [9.17, 15) is 32.3 Å². The molecule has 0 spiro atoms. The Kier molecular flexibility index (Phi) is 5.06. The molecule has 130 valence electrons. The smallest absolute Gasteiger partial charge is 0.352 e. The molecule has 2 rings (SSSR count). The van der Waals surface area contributed by atoms with Crippen LogP contribution in [-0.4, -0.2) is 22.1 Å². The normalized spacial score (nSPS) is 11.3. The summed E-state index contributed by atoms with van der Waals surface area (Å²) in [7, 11) is 0. The molecule has 0 fully saturated rings. The van der Waals surface area contributed by atoms with Gasteiger partial charge in [0.2, 0.25) is 11.6 Å². The number of aliphatic carboxylic acids is 1. The fourth-order valence-corrected chi connectivity index (χ4v) is 1.85. The molecule has 0 aliphatic heterocycles. The number of hydrogen-bond acceptors (Lipinski definition) is 3. The van der Waals surface area contributed by atoms with Gasteiger partial charge in [0, 0.05) is 5.56 Å². The third-order valence-corrected chi connectivity index (χ3v) is 3.08. The molecule has 0 saturated carbocycles. The molecule has 0 unspecified atom stereocenters. The van der Waals surface area contributed by atoms with E-state index in [1.807, 2.05) is 5.32 Å². The highest BCUT2D eigenvalue weighted by atomic mass is 19.2. The fourth-order valence-electron chi connectivity index (χ4n) is 1.85. The molecule has 0 aliphatic carbocycles. The van der Waals surface area contributed by atoms with Crippen LogP contribution in [0.1, 0.15) is 15.9 Å². The molecule has 0 saturated heterocycles. The quantitative estimate of drug-likeness (QED) is 0.341. The van der Waals surface area contributed by atoms with E-state index in [1.165, 1.54) is 24.3 Å². The summed E-state index contributed by atoms with van der Waals surface area (Å²) in [6.45, 7) is 0. The maximum absolute atomic E-state index is 13.7. The lowest BCUT2D eigenvalue weighted by atomic mass is 10.1. The lowest BCUT2D eigenvalue weighted by molar-refractivity contribution is -0.132. The molecule has 0 aliphatic rings. The van der Waals surface area contributed by atoms with Gasteiger partial charge in [0.05, 0.1) is 5.56 Å². The van der Waals surface area contributed by atoms with Crippen LogP contribution in [0, 0.1) is 23.3 Å². The van der Waals surface area contributed by atoms with Gasteiger partial charge in [0.15, 0.2) is 17.4 Å². The lowest BCUT2D eigenvalue weighted by Gasteiger charge is -2.09. The first kappa shape index (κ1) is 18.0. The molecular formula is C16H9F4NO4. The van der Waals surface area contributed by atoms with Crippen LogP contribution in [0.2, 0.25) is 0 Å². The van der Waals surface area contributed by atoms with E-state index in [0.29, 0.717) is 0 Å². The highest BCUT2D eigenvalue weighted by Crippen LogP contribution is 2.30. The van der Waals surface area contributed by atoms with Gasteiger partial charge >= 0.3 is 5.97 Å². The van der Waals surface area contributed by atoms with Crippen molar-refractivity contribution in [1.82, 2.24) is 5.32 Å². The largest absolute Gasteiger partial charge is 0.504 e. The standard InChI is InChI=1S/C16H9F4NO4/c17-10-8(14(22)13(20)12(19)11(10)18)6-9(16(24)25)21-15(23)7-4-2-1-3-5-7/h1-6,22H,(H,21,23)(H,24,25). The third-order valence-electron chi connectivity index (χ3n) is 3.08. The topological polar surface area (TPSA) is 86.6 Å². The summed E-state index contributed by atoms with van der Waals surface area (Å²) in [6, 6.07) is 7.29. The second-order valence-corrected chi connectivity index (χ2v) is 4.70. The zero-order valence-electron chi connectivity index (χ0n) is 12.2. The molecule has 25 heavy (non-hydrogen) atoms. The van der Waals surface area contributed by atoms with E-state index in [2.05, 4.69) is 0 Å². The van der Waals surface area contributed by atoms with Crippen LogP contribution in [0.4, 0.5) is 17.6 Å². The van der Waals surface area contributed by atoms with E-state index >= 15 is 0 Å². The van der Waals surface area contributed by atoms with Crippen LogP contribution in [0.25, 0.3) is 6.08 Å². The average molecular weight is 355 g/mol. The summed E-state index contributed by atoms with van der Waals surface area (Å²) in [5, 5.41) is 20.3. The summed E-state index contributed by atoms with van der Waals surface area (Å²) >= 11 is 0. The zero-order chi connectivity index (χ0) is 18.7. The molecule has 2 aromatic carbocycles. The zero-order valence-corrected chi connectivity index (χ0v) is 12.2. The first-order valence-electron chi connectivity index (χ1n) is 6.60. The number of rotatable bonds is 4. The van der Waals surface area contributed by atoms with Crippen molar-refractivity contribution in [2.24, 2.45) is 0 Å². The number of benzene rings is 2. The van der Waals surface area contributed by atoms with Crippen LogP contribution >= 0.6 is 0 Å². The summed E-state index contributed by atoms with van der Waals surface area (Å²) in [4.78, 5) is 23.1. The summed E-state index contributed by atoms with van der Waals surface area (Å²) in [6.07, 6.45) is 0.277. The molecule has 1 amide bonds. The highest BCUT2D eigenvalue weighted by Gasteiger charge is 2.25. The minimum Gasteiger partial charge on any atom is -0.504 e. The lowest BCUT2D eigenvalue weighted by Crippen LogP contribution is -2.27. The number of aromatic hydroxyl groups is 1. The van der Waals surface area contributed by atoms with Crippen LogP contribution in [0.3, 0.4) is 0 Å². The van der Waals surface area contributed by atoms with E-state index in [4.69, 9.17) is 5.11 Å². The van der Waals surface area contributed by atoms with Crippen LogP contribution < -0.4 is 5.32 Å². The van der Waals surface area contributed by atoms with Crippen molar-refractivity contribution in [3.8, 4) is 5.75 Å². The van der Waals surface area contributed by atoms with Crippen LogP contribution in [0.15, 0.2) is 36.0 Å². The molecule has 0 radical (unpaired) electrons. The Morgan fingerprint density at radius 2 is 1.48 bits per heavy atom. The van der Waals surface area contributed by atoms with Gasteiger partial charge in [0.1, 0.15) is 5.70 Å². The average Bonchev–Trinajstić information content (AvgIpc) is 2.61. The molecule has 3 N–H and O–H groups in total. The summed E-state index contributed by atoms with van der Waals surface area (Å²) in [5.74, 6) is -12.9. The van der Waals surface area contributed by atoms with Crippen molar-refractivity contribution in [2.75, 3.05) is 0 Å². The fraction of sp³-hybridized carbons (Fsp3) is 0. The number of phenols is 1. The Balaban J connectivity index is 2.49. The number of carboxylic acids is 1. The minimum absolute atomic E-state index is 0.0517. The predicted molar refractivity (Wildman–Crippen MR) is 77.5 cm³/mol. The van der Waals surface area contributed by atoms with Crippen molar-refractivity contribution in [1.29, 1.82) is 0 Å². The molecular weight excluding hydrogens is 346 g/mol. The summed E-state index contributed by atoms with van der Waals surface area (Å²) < 4.78 is 53.3. The number of carboxylic acid groups (broad SMARTS) is 1. The Morgan fingerprint density at radius 1 is 0.920 bits per heavy atom. The predicted octanol–water partition coefficient (Wildman–Crippen LogP) is 2.80. The molecule has 0 heterocycles. The molecule has 2 aromatic rings. The van der Waals surface area contributed by atoms with Gasteiger partial charge in [-0.2, -0.15) is 4.39 Å². The van der Waals surface area contributed by atoms with Gasteiger partial charge < -0.3 is 15.5 Å². The minimum atomic E-state index is -2.25. The third kappa shape index (κ3) is 3.60. The van der Waals surface area contributed by atoms with Crippen molar-refractivity contribution in [3.05, 3.63) is 70.4 Å². The van der Waals surface area contributed by atoms with E-state index in [1.54, 1.807) is 6.07 Å². The Bertz CT molecular complexity index is 852. The Hall–Kier alpha value is -3.36. The second-order valence-electron chi connectivity index (χ2n) is 4.70. The Morgan fingerprint density at radius 3 is 2.04 bits per heavy atom. The maximum atomic E-state index is 13.7. The van der Waals surface area contributed by atoms with Crippen molar-refractivity contribution in [2.45, 2.75) is 0 Å². The van der Waals surface area contributed by atoms with Crippen molar-refractivity contribution >= 4 is 18.0 Å². The first-order chi connectivity index (χ1) is 11.7. The van der Waals surface area contributed by atoms with E-state index < -0.39 is 52.2 Å². The number of amides is 1. The second kappa shape index (κ2) is 7.04.